The average molecular weight is 425 g/mol. The molecule has 0 aliphatic rings. The maximum atomic E-state index is 5.95. The first-order valence-electron chi connectivity index (χ1n) is 7.36. The number of methoxy groups -OCH3 is 1. The third kappa shape index (κ3) is 6.09. The molecule has 0 aliphatic carbocycles. The molecule has 23 heavy (non-hydrogen) atoms. The van der Waals surface area contributed by atoms with Gasteiger partial charge in [-0.1, -0.05) is 42.8 Å². The zero-order chi connectivity index (χ0) is 15.9. The van der Waals surface area contributed by atoms with Gasteiger partial charge in [-0.2, -0.15) is 0 Å². The Labute approximate surface area is 155 Å². The number of aryl methyl sites for hydroxylation is 1. The number of hydrogen-bond acceptors (Lipinski definition) is 2. The van der Waals surface area contributed by atoms with Crippen LogP contribution < -0.4 is 15.8 Å². The van der Waals surface area contributed by atoms with Crippen molar-refractivity contribution in [1.82, 2.24) is 0 Å². The second kappa shape index (κ2) is 9.39. The van der Waals surface area contributed by atoms with E-state index in [1.807, 2.05) is 24.3 Å². The third-order valence-electron chi connectivity index (χ3n) is 3.52. The molecule has 2 aromatic carbocycles. The molecule has 0 radical (unpaired) electrons. The Morgan fingerprint density at radius 3 is 2.57 bits per heavy atom. The van der Waals surface area contributed by atoms with Crippen LogP contribution in [-0.2, 0) is 0 Å². The summed E-state index contributed by atoms with van der Waals surface area (Å²) >= 11 is 0. The number of hydrogen-bond donors (Lipinski definition) is 2. The second-order valence-electron chi connectivity index (χ2n) is 5.39. The van der Waals surface area contributed by atoms with Crippen LogP contribution in [0.5, 0.6) is 5.75 Å². The lowest BCUT2D eigenvalue weighted by atomic mass is 10.0. The highest BCUT2D eigenvalue weighted by molar-refractivity contribution is 14.0. The van der Waals surface area contributed by atoms with E-state index < -0.39 is 0 Å². The summed E-state index contributed by atoms with van der Waals surface area (Å²) in [6.45, 7) is 4.88. The van der Waals surface area contributed by atoms with Crippen molar-refractivity contribution in [1.29, 1.82) is 0 Å². The molecule has 0 amide bonds. The Balaban J connectivity index is 0.00000264. The first-order chi connectivity index (χ1) is 10.6. The lowest BCUT2D eigenvalue weighted by Crippen LogP contribution is -2.23. The van der Waals surface area contributed by atoms with E-state index in [0.29, 0.717) is 18.4 Å². The Hall–Kier alpha value is -1.76. The summed E-state index contributed by atoms with van der Waals surface area (Å²) in [5.74, 6) is 1.52. The molecular weight excluding hydrogens is 401 g/mol. The van der Waals surface area contributed by atoms with Gasteiger partial charge in [0.15, 0.2) is 5.96 Å². The van der Waals surface area contributed by atoms with Crippen LogP contribution in [0, 0.1) is 6.92 Å². The predicted octanol–water partition coefficient (Wildman–Crippen LogP) is 4.15. The first kappa shape index (κ1) is 19.3. The molecule has 0 saturated carbocycles. The molecule has 0 spiro atoms. The van der Waals surface area contributed by atoms with E-state index in [1.54, 1.807) is 7.11 Å². The van der Waals surface area contributed by atoms with E-state index in [9.17, 15) is 0 Å². The number of nitrogens with two attached hydrogens (primary N) is 1. The molecule has 0 saturated heterocycles. The van der Waals surface area contributed by atoms with Gasteiger partial charge in [-0.15, -0.1) is 24.0 Å². The molecule has 1 atom stereocenters. The van der Waals surface area contributed by atoms with Crippen molar-refractivity contribution >= 4 is 35.6 Å². The number of halogens is 1. The van der Waals surface area contributed by atoms with Gasteiger partial charge in [0, 0.05) is 24.2 Å². The topological polar surface area (TPSA) is 59.6 Å². The van der Waals surface area contributed by atoms with E-state index in [4.69, 9.17) is 10.5 Å². The Morgan fingerprint density at radius 1 is 1.22 bits per heavy atom. The summed E-state index contributed by atoms with van der Waals surface area (Å²) < 4.78 is 5.18. The highest BCUT2D eigenvalue weighted by Gasteiger charge is 2.05. The molecule has 124 valence electrons. The minimum absolute atomic E-state index is 0. The second-order valence-corrected chi connectivity index (χ2v) is 5.39. The van der Waals surface area contributed by atoms with Crippen LogP contribution in [0.25, 0.3) is 0 Å². The van der Waals surface area contributed by atoms with Gasteiger partial charge < -0.3 is 15.8 Å². The van der Waals surface area contributed by atoms with Crippen LogP contribution in [0.3, 0.4) is 0 Å². The number of nitrogens with zero attached hydrogens (tertiary/aromatic N) is 1. The zero-order valence-corrected chi connectivity index (χ0v) is 16.1. The molecule has 1 unspecified atom stereocenters. The number of anilines is 1. The van der Waals surface area contributed by atoms with Crippen molar-refractivity contribution < 1.29 is 4.74 Å². The highest BCUT2D eigenvalue weighted by Crippen LogP contribution is 2.17. The van der Waals surface area contributed by atoms with Crippen LogP contribution in [0.2, 0.25) is 0 Å². The summed E-state index contributed by atoms with van der Waals surface area (Å²) in [5.41, 5.74) is 9.34. The number of aliphatic imine (C=N–C) groups is 1. The molecule has 4 nitrogen and oxygen atoms in total. The minimum Gasteiger partial charge on any atom is -0.497 e. The van der Waals surface area contributed by atoms with E-state index in [1.165, 1.54) is 11.1 Å². The van der Waals surface area contributed by atoms with Crippen LogP contribution in [0.15, 0.2) is 53.5 Å². The van der Waals surface area contributed by atoms with Crippen LogP contribution in [-0.4, -0.2) is 19.6 Å². The summed E-state index contributed by atoms with van der Waals surface area (Å²) in [6, 6.07) is 16.1. The third-order valence-corrected chi connectivity index (χ3v) is 3.52. The zero-order valence-electron chi connectivity index (χ0n) is 13.7. The summed E-state index contributed by atoms with van der Waals surface area (Å²) in [6.07, 6.45) is 0. The number of rotatable bonds is 5. The Kier molecular flexibility index (Phi) is 7.88. The maximum Gasteiger partial charge on any atom is 0.193 e. The molecule has 0 heterocycles. The van der Waals surface area contributed by atoms with Crippen LogP contribution >= 0.6 is 24.0 Å². The fourth-order valence-corrected chi connectivity index (χ4v) is 2.12. The standard InChI is InChI=1S/C18H23N3O.HI/c1-13-7-9-15(10-8-13)14(2)12-20-18(19)21-16-5-4-6-17(11-16)22-3;/h4-11,14H,12H2,1-3H3,(H3,19,20,21);1H. The molecule has 0 aromatic heterocycles. The smallest absolute Gasteiger partial charge is 0.193 e. The molecular formula is C18H24IN3O. The van der Waals surface area contributed by atoms with E-state index in [-0.39, 0.29) is 24.0 Å². The van der Waals surface area contributed by atoms with Crippen molar-refractivity contribution in [3.05, 3.63) is 59.7 Å². The summed E-state index contributed by atoms with van der Waals surface area (Å²) in [7, 11) is 1.64. The van der Waals surface area contributed by atoms with E-state index in [2.05, 4.69) is 48.4 Å². The molecule has 3 N–H and O–H groups in total. The van der Waals surface area contributed by atoms with Gasteiger partial charge in [-0.3, -0.25) is 4.99 Å². The van der Waals surface area contributed by atoms with Crippen LogP contribution in [0.4, 0.5) is 5.69 Å². The molecule has 2 rings (SSSR count). The molecule has 0 bridgehead atoms. The Morgan fingerprint density at radius 2 is 1.91 bits per heavy atom. The van der Waals surface area contributed by atoms with Crippen molar-refractivity contribution in [2.45, 2.75) is 19.8 Å². The van der Waals surface area contributed by atoms with Crippen molar-refractivity contribution in [3.63, 3.8) is 0 Å². The van der Waals surface area contributed by atoms with Gasteiger partial charge in [0.25, 0.3) is 0 Å². The summed E-state index contributed by atoms with van der Waals surface area (Å²) in [5, 5.41) is 3.08. The van der Waals surface area contributed by atoms with Gasteiger partial charge in [-0.25, -0.2) is 0 Å². The van der Waals surface area contributed by atoms with Crippen molar-refractivity contribution in [3.8, 4) is 5.75 Å². The van der Waals surface area contributed by atoms with E-state index in [0.717, 1.165) is 11.4 Å². The molecule has 0 aliphatic heterocycles. The highest BCUT2D eigenvalue weighted by atomic mass is 127. The number of benzene rings is 2. The fraction of sp³-hybridized carbons (Fsp3) is 0.278. The molecule has 0 fully saturated rings. The fourth-order valence-electron chi connectivity index (χ4n) is 2.12. The van der Waals surface area contributed by atoms with E-state index >= 15 is 0 Å². The monoisotopic (exact) mass is 425 g/mol. The van der Waals surface area contributed by atoms with Crippen LogP contribution in [0.1, 0.15) is 24.0 Å². The van der Waals surface area contributed by atoms with Gasteiger partial charge in [0.05, 0.1) is 7.11 Å². The largest absolute Gasteiger partial charge is 0.497 e. The lowest BCUT2D eigenvalue weighted by Gasteiger charge is -2.11. The first-order valence-corrected chi connectivity index (χ1v) is 7.36. The van der Waals surface area contributed by atoms with Gasteiger partial charge in [-0.05, 0) is 24.6 Å². The maximum absolute atomic E-state index is 5.95. The number of nitrogens with one attached hydrogen (secondary N) is 1. The van der Waals surface area contributed by atoms with Gasteiger partial charge in [0.1, 0.15) is 5.75 Å². The molecule has 2 aromatic rings. The lowest BCUT2D eigenvalue weighted by molar-refractivity contribution is 0.415. The van der Waals surface area contributed by atoms with Crippen molar-refractivity contribution in [2.75, 3.05) is 19.0 Å². The van der Waals surface area contributed by atoms with Gasteiger partial charge >= 0.3 is 0 Å². The quantitative estimate of drug-likeness (QED) is 0.430. The van der Waals surface area contributed by atoms with Crippen molar-refractivity contribution in [2.24, 2.45) is 10.7 Å². The number of guanidine groups is 1. The Bertz CT molecular complexity index is 641. The minimum atomic E-state index is 0. The number of ether oxygens (including phenoxy) is 1. The van der Waals surface area contributed by atoms with Gasteiger partial charge in [0.2, 0.25) is 0 Å². The molecule has 5 heteroatoms. The normalized spacial score (nSPS) is 12.2. The SMILES string of the molecule is COc1cccc(NC(N)=NCC(C)c2ccc(C)cc2)c1.I. The summed E-state index contributed by atoms with van der Waals surface area (Å²) in [4.78, 5) is 4.42. The average Bonchev–Trinajstić information content (AvgIpc) is 2.53. The predicted molar refractivity (Wildman–Crippen MR) is 108 cm³/mol.